The average Bonchev–Trinajstić information content (AvgIpc) is 2.80. The van der Waals surface area contributed by atoms with E-state index in [0.29, 0.717) is 13.0 Å². The molecule has 1 aromatic carbocycles. The van der Waals surface area contributed by atoms with Crippen molar-refractivity contribution in [2.24, 2.45) is 0 Å². The predicted molar refractivity (Wildman–Crippen MR) is 132 cm³/mol. The van der Waals surface area contributed by atoms with E-state index >= 15 is 0 Å². The second kappa shape index (κ2) is 20.4. The monoisotopic (exact) mass is 432 g/mol. The van der Waals surface area contributed by atoms with Crippen molar-refractivity contribution in [1.29, 1.82) is 0 Å². The maximum absolute atomic E-state index is 11.9. The van der Waals surface area contributed by atoms with E-state index in [1.807, 2.05) is 24.3 Å². The fourth-order valence-corrected chi connectivity index (χ4v) is 3.95. The molecule has 3 nitrogen and oxygen atoms in total. The van der Waals surface area contributed by atoms with Crippen LogP contribution in [0.1, 0.15) is 128 Å². The lowest BCUT2D eigenvalue weighted by molar-refractivity contribution is -0.145. The van der Waals surface area contributed by atoms with Crippen LogP contribution in [0.2, 0.25) is 0 Å². The molecule has 0 bridgehead atoms. The fourth-order valence-electron chi connectivity index (χ4n) is 3.95. The van der Waals surface area contributed by atoms with Crippen molar-refractivity contribution in [3.05, 3.63) is 29.8 Å². The molecule has 0 heterocycles. The quantitative estimate of drug-likeness (QED) is 0.144. The molecule has 0 radical (unpaired) electrons. The fraction of sp³-hybridized carbons (Fsp3) is 0.750. The molecule has 0 aliphatic heterocycles. The number of carbonyl (C=O) groups excluding carboxylic acids is 1. The van der Waals surface area contributed by atoms with Crippen LogP contribution in [-0.2, 0) is 16.1 Å². The first kappa shape index (κ1) is 27.5. The van der Waals surface area contributed by atoms with E-state index in [2.05, 4.69) is 6.92 Å². The number of ether oxygens (including phenoxy) is 2. The number of unbranched alkanes of at least 4 members (excludes halogenated alkanes) is 16. The Morgan fingerprint density at radius 1 is 0.645 bits per heavy atom. The van der Waals surface area contributed by atoms with Crippen LogP contribution in [0, 0.1) is 0 Å². The molecule has 1 rings (SSSR count). The Balaban J connectivity index is 1.79. The highest BCUT2D eigenvalue weighted by molar-refractivity contribution is 5.69. The first-order valence-electron chi connectivity index (χ1n) is 13.0. The van der Waals surface area contributed by atoms with Gasteiger partial charge in [-0.1, -0.05) is 122 Å². The van der Waals surface area contributed by atoms with Crippen molar-refractivity contribution >= 4 is 5.97 Å². The number of methoxy groups -OCH3 is 1. The number of carbonyl (C=O) groups is 1. The van der Waals surface area contributed by atoms with Gasteiger partial charge in [0.05, 0.1) is 7.11 Å². The molecule has 1 aromatic rings. The van der Waals surface area contributed by atoms with Crippen LogP contribution in [0.4, 0.5) is 0 Å². The zero-order valence-corrected chi connectivity index (χ0v) is 20.5. The number of benzene rings is 1. The molecule has 0 unspecified atom stereocenters. The first-order chi connectivity index (χ1) is 15.3. The van der Waals surface area contributed by atoms with Crippen molar-refractivity contribution < 1.29 is 14.3 Å². The van der Waals surface area contributed by atoms with E-state index in [4.69, 9.17) is 9.47 Å². The molecule has 0 aliphatic carbocycles. The Kier molecular flexibility index (Phi) is 18.1. The maximum Gasteiger partial charge on any atom is 0.306 e. The lowest BCUT2D eigenvalue weighted by Crippen LogP contribution is -2.04. The third-order valence-corrected chi connectivity index (χ3v) is 6.04. The summed E-state index contributed by atoms with van der Waals surface area (Å²) >= 11 is 0. The zero-order chi connectivity index (χ0) is 22.4. The number of esters is 1. The van der Waals surface area contributed by atoms with E-state index in [0.717, 1.165) is 24.2 Å². The highest BCUT2D eigenvalue weighted by Gasteiger charge is 2.04. The lowest BCUT2D eigenvalue weighted by Gasteiger charge is -2.06. The minimum Gasteiger partial charge on any atom is -0.497 e. The van der Waals surface area contributed by atoms with Crippen molar-refractivity contribution in [2.75, 3.05) is 7.11 Å². The predicted octanol–water partition coefficient (Wildman–Crippen LogP) is 8.78. The van der Waals surface area contributed by atoms with Crippen molar-refractivity contribution in [2.45, 2.75) is 129 Å². The van der Waals surface area contributed by atoms with Crippen molar-refractivity contribution in [3.63, 3.8) is 0 Å². The number of rotatable bonds is 21. The Hall–Kier alpha value is -1.51. The molecule has 0 amide bonds. The molecular formula is C28H48O3. The Bertz CT molecular complexity index is 524. The van der Waals surface area contributed by atoms with Gasteiger partial charge < -0.3 is 9.47 Å². The van der Waals surface area contributed by atoms with Crippen LogP contribution in [0.25, 0.3) is 0 Å². The summed E-state index contributed by atoms with van der Waals surface area (Å²) in [6.07, 6.45) is 23.5. The van der Waals surface area contributed by atoms with Gasteiger partial charge in [-0.15, -0.1) is 0 Å². The molecular weight excluding hydrogens is 384 g/mol. The van der Waals surface area contributed by atoms with E-state index < -0.39 is 0 Å². The third-order valence-electron chi connectivity index (χ3n) is 6.04. The van der Waals surface area contributed by atoms with Crippen LogP contribution in [-0.4, -0.2) is 13.1 Å². The Labute approximate surface area is 192 Å². The van der Waals surface area contributed by atoms with Crippen molar-refractivity contribution in [1.82, 2.24) is 0 Å². The number of hydrogen-bond acceptors (Lipinski definition) is 3. The molecule has 0 atom stereocenters. The van der Waals surface area contributed by atoms with Crippen LogP contribution in [0.3, 0.4) is 0 Å². The van der Waals surface area contributed by atoms with Gasteiger partial charge in [0.1, 0.15) is 12.4 Å². The summed E-state index contributed by atoms with van der Waals surface area (Å²) in [5.41, 5.74) is 0.997. The van der Waals surface area contributed by atoms with Crippen LogP contribution in [0.5, 0.6) is 5.75 Å². The van der Waals surface area contributed by atoms with Gasteiger partial charge >= 0.3 is 5.97 Å². The second-order valence-corrected chi connectivity index (χ2v) is 8.92. The van der Waals surface area contributed by atoms with Gasteiger partial charge in [0.2, 0.25) is 0 Å². The highest BCUT2D eigenvalue weighted by Crippen LogP contribution is 2.15. The second-order valence-electron chi connectivity index (χ2n) is 8.92. The molecule has 0 saturated carbocycles. The van der Waals surface area contributed by atoms with Gasteiger partial charge in [-0.05, 0) is 24.1 Å². The topological polar surface area (TPSA) is 35.5 Å². The normalized spacial score (nSPS) is 10.9. The van der Waals surface area contributed by atoms with Gasteiger partial charge in [-0.3, -0.25) is 4.79 Å². The molecule has 0 fully saturated rings. The minimum atomic E-state index is -0.0863. The molecule has 0 aliphatic rings. The average molecular weight is 433 g/mol. The Morgan fingerprint density at radius 3 is 1.48 bits per heavy atom. The molecule has 0 spiro atoms. The van der Waals surface area contributed by atoms with E-state index in [9.17, 15) is 4.79 Å². The minimum absolute atomic E-state index is 0.0863. The molecule has 0 saturated heterocycles. The summed E-state index contributed by atoms with van der Waals surface area (Å²) in [6, 6.07) is 7.64. The largest absolute Gasteiger partial charge is 0.497 e. The summed E-state index contributed by atoms with van der Waals surface area (Å²) in [5.74, 6) is 0.732. The summed E-state index contributed by atoms with van der Waals surface area (Å²) in [4.78, 5) is 11.9. The molecule has 31 heavy (non-hydrogen) atoms. The SMILES string of the molecule is CCCCCCCCCCCCCCCCCCCC(=O)OCc1ccc(OC)cc1. The number of hydrogen-bond donors (Lipinski definition) is 0. The molecule has 0 N–H and O–H groups in total. The van der Waals surface area contributed by atoms with Crippen LogP contribution in [0.15, 0.2) is 24.3 Å². The van der Waals surface area contributed by atoms with Gasteiger partial charge in [0.15, 0.2) is 0 Å². The Morgan fingerprint density at radius 2 is 1.06 bits per heavy atom. The summed E-state index contributed by atoms with van der Waals surface area (Å²) in [7, 11) is 1.65. The van der Waals surface area contributed by atoms with E-state index in [1.54, 1.807) is 7.11 Å². The van der Waals surface area contributed by atoms with Crippen LogP contribution < -0.4 is 4.74 Å². The summed E-state index contributed by atoms with van der Waals surface area (Å²) in [6.45, 7) is 2.63. The van der Waals surface area contributed by atoms with Gasteiger partial charge in [-0.25, -0.2) is 0 Å². The summed E-state index contributed by atoms with van der Waals surface area (Å²) in [5, 5.41) is 0. The smallest absolute Gasteiger partial charge is 0.306 e. The van der Waals surface area contributed by atoms with E-state index in [-0.39, 0.29) is 5.97 Å². The maximum atomic E-state index is 11.9. The lowest BCUT2D eigenvalue weighted by atomic mass is 10.0. The van der Waals surface area contributed by atoms with Gasteiger partial charge in [0.25, 0.3) is 0 Å². The standard InChI is InChI=1S/C28H48O3/c1-3-4-5-6-7-8-9-10-11-12-13-14-15-16-17-18-19-20-28(29)31-25-26-21-23-27(30-2)24-22-26/h21-24H,3-20,25H2,1-2H3. The first-order valence-corrected chi connectivity index (χ1v) is 13.0. The van der Waals surface area contributed by atoms with Crippen LogP contribution >= 0.6 is 0 Å². The molecule has 178 valence electrons. The highest BCUT2D eigenvalue weighted by atomic mass is 16.5. The van der Waals surface area contributed by atoms with Crippen molar-refractivity contribution in [3.8, 4) is 5.75 Å². The molecule has 0 aromatic heterocycles. The van der Waals surface area contributed by atoms with Gasteiger partial charge in [0, 0.05) is 6.42 Å². The summed E-state index contributed by atoms with van der Waals surface area (Å²) < 4.78 is 10.5. The van der Waals surface area contributed by atoms with E-state index in [1.165, 1.54) is 96.3 Å². The van der Waals surface area contributed by atoms with Gasteiger partial charge in [-0.2, -0.15) is 0 Å². The zero-order valence-electron chi connectivity index (χ0n) is 20.5. The molecule has 3 heteroatoms. The third kappa shape index (κ3) is 16.8.